The molecule has 3 aromatic heterocycles. The zero-order chi connectivity index (χ0) is 29.5. The number of nitrogens with zero attached hydrogens (tertiary/aromatic N) is 7. The van der Waals surface area contributed by atoms with Crippen LogP contribution in [0, 0.1) is 5.92 Å². The topological polar surface area (TPSA) is 110 Å². The van der Waals surface area contributed by atoms with Crippen LogP contribution in [0.1, 0.15) is 75.7 Å². The van der Waals surface area contributed by atoms with E-state index in [1.54, 1.807) is 23.5 Å². The van der Waals surface area contributed by atoms with Crippen molar-refractivity contribution in [2.45, 2.75) is 70.2 Å². The van der Waals surface area contributed by atoms with Gasteiger partial charge in [-0.2, -0.15) is 10.2 Å². The van der Waals surface area contributed by atoms with Gasteiger partial charge in [0.1, 0.15) is 0 Å². The van der Waals surface area contributed by atoms with Gasteiger partial charge in [0.2, 0.25) is 0 Å². The van der Waals surface area contributed by atoms with Crippen LogP contribution in [0.15, 0.2) is 43.0 Å². The lowest BCUT2D eigenvalue weighted by Gasteiger charge is -2.38. The average molecular weight is 585 g/mol. The van der Waals surface area contributed by atoms with Crippen molar-refractivity contribution < 1.29 is 14.3 Å². The van der Waals surface area contributed by atoms with Crippen molar-refractivity contribution in [1.29, 1.82) is 0 Å². The van der Waals surface area contributed by atoms with Crippen molar-refractivity contribution in [3.8, 4) is 0 Å². The summed E-state index contributed by atoms with van der Waals surface area (Å²) in [4.78, 5) is 35.8. The summed E-state index contributed by atoms with van der Waals surface area (Å²) in [6.07, 6.45) is 13.9. The Hall–Kier alpha value is -3.83. The van der Waals surface area contributed by atoms with Gasteiger partial charge in [0.05, 0.1) is 41.2 Å². The fraction of sp³-hybridized carbons (Fsp3) is 0.531. The fourth-order valence-corrected chi connectivity index (χ4v) is 6.98. The van der Waals surface area contributed by atoms with Crippen LogP contribution < -0.4 is 5.32 Å². The highest BCUT2D eigenvalue weighted by molar-refractivity contribution is 6.40. The molecule has 3 aliphatic heterocycles. The van der Waals surface area contributed by atoms with Gasteiger partial charge in [-0.15, -0.1) is 0 Å². The Balaban J connectivity index is 1.13. The van der Waals surface area contributed by atoms with E-state index in [4.69, 9.17) is 9.84 Å². The number of nitrogens with one attached hydrogen (secondary N) is 1. The van der Waals surface area contributed by atoms with E-state index < -0.39 is 11.8 Å². The zero-order valence-corrected chi connectivity index (χ0v) is 25.0. The monoisotopic (exact) mass is 584 g/mol. The third kappa shape index (κ3) is 5.51. The molecular weight excluding hydrogens is 544 g/mol. The summed E-state index contributed by atoms with van der Waals surface area (Å²) in [5.41, 5.74) is 3.19. The van der Waals surface area contributed by atoms with Gasteiger partial charge >= 0.3 is 11.8 Å². The second kappa shape index (κ2) is 11.7. The van der Waals surface area contributed by atoms with Gasteiger partial charge in [0.15, 0.2) is 6.23 Å². The van der Waals surface area contributed by atoms with Gasteiger partial charge < -0.3 is 19.9 Å². The number of likely N-dealkylation sites (tertiary alicyclic amines) is 2. The minimum atomic E-state index is -0.665. The van der Waals surface area contributed by atoms with E-state index in [1.165, 1.54) is 0 Å². The molecule has 0 saturated carbocycles. The highest BCUT2D eigenvalue weighted by atomic mass is 16.5. The molecule has 0 radical (unpaired) electrons. The number of hydrogen-bond donors (Lipinski definition) is 1. The Morgan fingerprint density at radius 3 is 2.67 bits per heavy atom. The number of carbonyl (C=O) groups excluding carboxylic acids is 2. The normalized spacial score (nSPS) is 24.0. The van der Waals surface area contributed by atoms with Crippen LogP contribution in [0.25, 0.3) is 21.8 Å². The number of pyridine rings is 1. The second-order valence-electron chi connectivity index (χ2n) is 12.6. The quantitative estimate of drug-likeness (QED) is 0.347. The molecule has 7 rings (SSSR count). The average Bonchev–Trinajstić information content (AvgIpc) is 3.66. The summed E-state index contributed by atoms with van der Waals surface area (Å²) >= 11 is 0. The molecule has 11 nitrogen and oxygen atoms in total. The zero-order valence-electron chi connectivity index (χ0n) is 25.0. The maximum absolute atomic E-state index is 13.8. The molecule has 2 amide bonds. The van der Waals surface area contributed by atoms with Crippen molar-refractivity contribution in [2.24, 2.45) is 5.92 Å². The van der Waals surface area contributed by atoms with Crippen LogP contribution in [-0.4, -0.2) is 79.4 Å². The third-order valence-corrected chi connectivity index (χ3v) is 9.44. The first-order valence-electron chi connectivity index (χ1n) is 15.7. The van der Waals surface area contributed by atoms with Crippen molar-refractivity contribution >= 4 is 39.3 Å². The van der Waals surface area contributed by atoms with Gasteiger partial charge in [-0.25, -0.2) is 4.68 Å². The molecule has 3 aliphatic rings. The van der Waals surface area contributed by atoms with E-state index in [9.17, 15) is 9.59 Å². The molecule has 6 heterocycles. The number of amides is 2. The lowest BCUT2D eigenvalue weighted by atomic mass is 9.89. The van der Waals surface area contributed by atoms with E-state index in [2.05, 4.69) is 63.3 Å². The molecule has 4 aromatic rings. The van der Waals surface area contributed by atoms with Crippen LogP contribution in [0.2, 0.25) is 0 Å². The van der Waals surface area contributed by atoms with Crippen molar-refractivity contribution in [1.82, 2.24) is 34.3 Å². The molecule has 43 heavy (non-hydrogen) atoms. The number of carbonyl (C=O) groups is 2. The molecule has 1 unspecified atom stereocenters. The second-order valence-corrected chi connectivity index (χ2v) is 12.6. The number of hydrogen-bond acceptors (Lipinski definition) is 7. The highest BCUT2D eigenvalue weighted by Gasteiger charge is 2.35. The Morgan fingerprint density at radius 2 is 1.86 bits per heavy atom. The summed E-state index contributed by atoms with van der Waals surface area (Å²) in [6.45, 7) is 5.49. The first-order valence-corrected chi connectivity index (χ1v) is 15.7. The van der Waals surface area contributed by atoms with E-state index in [0.29, 0.717) is 30.8 Å². The molecule has 0 aliphatic carbocycles. The van der Waals surface area contributed by atoms with Gasteiger partial charge in [-0.05, 0) is 88.7 Å². The highest BCUT2D eigenvalue weighted by Crippen LogP contribution is 2.36. The summed E-state index contributed by atoms with van der Waals surface area (Å²) in [7, 11) is 2.17. The Morgan fingerprint density at radius 1 is 1.00 bits per heavy atom. The molecule has 3 fully saturated rings. The molecule has 226 valence electrons. The maximum atomic E-state index is 13.8. The summed E-state index contributed by atoms with van der Waals surface area (Å²) < 4.78 is 9.89. The van der Waals surface area contributed by atoms with E-state index in [1.807, 2.05) is 4.68 Å². The molecule has 0 spiro atoms. The van der Waals surface area contributed by atoms with Gasteiger partial charge in [-0.1, -0.05) is 13.0 Å². The van der Waals surface area contributed by atoms with E-state index in [-0.39, 0.29) is 12.3 Å². The maximum Gasteiger partial charge on any atom is 0.314 e. The van der Waals surface area contributed by atoms with Crippen molar-refractivity contribution in [3.05, 3.63) is 48.5 Å². The van der Waals surface area contributed by atoms with Crippen molar-refractivity contribution in [2.75, 3.05) is 38.6 Å². The summed E-state index contributed by atoms with van der Waals surface area (Å²) in [5, 5.41) is 14.2. The number of ether oxygens (including phenoxy) is 1. The van der Waals surface area contributed by atoms with Crippen molar-refractivity contribution in [3.63, 3.8) is 0 Å². The minimum Gasteiger partial charge on any atom is -0.356 e. The van der Waals surface area contributed by atoms with Gasteiger partial charge in [-0.3, -0.25) is 19.3 Å². The SMILES string of the molecule is C[C@H]1CC[C@H](c2ccc3nn(C4CCN(C)CC4)cc3c2)N(C(=O)C(=O)Nc2cncc3cnn(C4CCCCO4)c23)C1. The van der Waals surface area contributed by atoms with E-state index in [0.717, 1.165) is 85.4 Å². The Labute approximate surface area is 251 Å². The van der Waals surface area contributed by atoms with Crippen LogP contribution in [-0.2, 0) is 14.3 Å². The fourth-order valence-electron chi connectivity index (χ4n) is 6.98. The van der Waals surface area contributed by atoms with Crippen LogP contribution >= 0.6 is 0 Å². The smallest absolute Gasteiger partial charge is 0.314 e. The third-order valence-electron chi connectivity index (χ3n) is 9.44. The molecule has 0 bridgehead atoms. The lowest BCUT2D eigenvalue weighted by molar-refractivity contribution is -0.146. The summed E-state index contributed by atoms with van der Waals surface area (Å²) in [5.74, 6) is -0.892. The molecular formula is C32H40N8O3. The van der Waals surface area contributed by atoms with Crippen LogP contribution in [0.5, 0.6) is 0 Å². The number of fused-ring (bicyclic) bond motifs is 2. The largest absolute Gasteiger partial charge is 0.356 e. The molecule has 11 heteroatoms. The Bertz CT molecular complexity index is 1630. The number of benzene rings is 1. The summed E-state index contributed by atoms with van der Waals surface area (Å²) in [6, 6.07) is 6.50. The first-order chi connectivity index (χ1) is 20.9. The van der Waals surface area contributed by atoms with Gasteiger partial charge in [0.25, 0.3) is 0 Å². The first kappa shape index (κ1) is 28.0. The molecule has 1 N–H and O–H groups in total. The predicted molar refractivity (Wildman–Crippen MR) is 163 cm³/mol. The lowest BCUT2D eigenvalue weighted by Crippen LogP contribution is -2.46. The van der Waals surface area contributed by atoms with Crippen LogP contribution in [0.4, 0.5) is 5.69 Å². The number of piperidine rings is 2. The molecule has 3 atom stereocenters. The Kier molecular flexibility index (Phi) is 7.60. The van der Waals surface area contributed by atoms with E-state index >= 15 is 0 Å². The number of rotatable bonds is 4. The standard InChI is InChI=1S/C32H40N8O3/c1-21-6-9-28(22-7-8-26-23(15-22)20-39(36-26)25-10-12-37(2)13-11-25)38(19-21)32(42)31(41)35-27-18-33-16-24-17-34-40(30(24)27)29-5-3-4-14-43-29/h7-8,15-18,20-21,25,28-29H,3-6,9-14,19H2,1-2H3,(H,35,41)/t21-,28+,29?/m0/s1. The molecule has 3 saturated heterocycles. The minimum absolute atomic E-state index is 0.180. The van der Waals surface area contributed by atoms with Crippen LogP contribution in [0.3, 0.4) is 0 Å². The number of anilines is 1. The number of aromatic nitrogens is 5. The predicted octanol–water partition coefficient (Wildman–Crippen LogP) is 4.69. The van der Waals surface area contributed by atoms with Gasteiger partial charge in [0, 0.05) is 36.3 Å². The molecule has 1 aromatic carbocycles.